The molecule has 0 spiro atoms. The molecule has 4 heterocycles. The Labute approximate surface area is 157 Å². The van der Waals surface area contributed by atoms with Crippen LogP contribution in [0.4, 0.5) is 0 Å². The summed E-state index contributed by atoms with van der Waals surface area (Å²) in [6.45, 7) is 3.15. The van der Waals surface area contributed by atoms with Gasteiger partial charge in [-0.3, -0.25) is 18.5 Å². The van der Waals surface area contributed by atoms with Gasteiger partial charge in [-0.2, -0.15) is 8.42 Å². The van der Waals surface area contributed by atoms with Crippen molar-refractivity contribution in [3.63, 3.8) is 0 Å². The maximum Gasteiger partial charge on any atom is 0.331 e. The van der Waals surface area contributed by atoms with E-state index in [2.05, 4.69) is 4.98 Å². The fourth-order valence-corrected chi connectivity index (χ4v) is 4.59. The standard InChI is InChI=1S/C15H18N2O8S2/c1-15(2)24-9-8(6-22-27(3,20)21)23-13(10(9)25-15)17-7-4-5-26-11(7)12(18)16-14(17)19/h4-5,8-10,13H,6H2,1-3H3,(H,16,18,19)/t8-,9-,10-,13-/m1/s1. The Balaban J connectivity index is 1.76. The number of nitrogens with zero attached hydrogens (tertiary/aromatic N) is 1. The molecule has 2 fully saturated rings. The quantitative estimate of drug-likeness (QED) is 0.695. The molecule has 27 heavy (non-hydrogen) atoms. The van der Waals surface area contributed by atoms with E-state index in [4.69, 9.17) is 18.4 Å². The van der Waals surface area contributed by atoms with Gasteiger partial charge in [-0.15, -0.1) is 11.3 Å². The SMILES string of the molecule is CC1(C)O[C@@H]2[C@H](O1)[C@@H](COS(C)(=O)=O)O[C@H]2n1c(=O)[nH]c(=O)c2sccc21. The minimum absolute atomic E-state index is 0.277. The van der Waals surface area contributed by atoms with Crippen molar-refractivity contribution in [2.45, 2.75) is 44.2 Å². The second kappa shape index (κ2) is 6.22. The number of hydrogen-bond acceptors (Lipinski definition) is 9. The Bertz CT molecular complexity index is 1100. The van der Waals surface area contributed by atoms with E-state index in [1.54, 1.807) is 25.3 Å². The van der Waals surface area contributed by atoms with Crippen LogP contribution >= 0.6 is 11.3 Å². The molecule has 0 aliphatic carbocycles. The fourth-order valence-electron chi connectivity index (χ4n) is 3.43. The number of rotatable bonds is 4. The molecule has 0 aromatic carbocycles. The Morgan fingerprint density at radius 1 is 1.30 bits per heavy atom. The van der Waals surface area contributed by atoms with Crippen molar-refractivity contribution >= 4 is 31.7 Å². The predicted octanol–water partition coefficient (Wildman–Crippen LogP) is 0.145. The molecule has 2 aromatic rings. The van der Waals surface area contributed by atoms with Crippen LogP contribution in [-0.2, 0) is 28.5 Å². The number of fused-ring (bicyclic) bond motifs is 2. The molecule has 1 N–H and O–H groups in total. The Morgan fingerprint density at radius 2 is 2.00 bits per heavy atom. The molecule has 4 atom stereocenters. The molecular weight excluding hydrogens is 400 g/mol. The monoisotopic (exact) mass is 418 g/mol. The van der Waals surface area contributed by atoms with Gasteiger partial charge in [-0.05, 0) is 25.3 Å². The molecule has 0 radical (unpaired) electrons. The van der Waals surface area contributed by atoms with Crippen LogP contribution in [0.2, 0.25) is 0 Å². The van der Waals surface area contributed by atoms with E-state index < -0.39 is 51.7 Å². The van der Waals surface area contributed by atoms with Crippen molar-refractivity contribution in [2.24, 2.45) is 0 Å². The number of aromatic nitrogens is 2. The third kappa shape index (κ3) is 3.37. The lowest BCUT2D eigenvalue weighted by molar-refractivity contribution is -0.199. The molecule has 148 valence electrons. The second-order valence-electron chi connectivity index (χ2n) is 6.88. The third-order valence-corrected chi connectivity index (χ3v) is 5.84. The molecule has 2 aliphatic rings. The number of aromatic amines is 1. The summed E-state index contributed by atoms with van der Waals surface area (Å²) in [5, 5.41) is 1.70. The van der Waals surface area contributed by atoms with E-state index in [9.17, 15) is 18.0 Å². The lowest BCUT2D eigenvalue weighted by atomic mass is 10.1. The maximum atomic E-state index is 12.5. The molecule has 12 heteroatoms. The van der Waals surface area contributed by atoms with Crippen molar-refractivity contribution in [3.8, 4) is 0 Å². The van der Waals surface area contributed by atoms with Crippen LogP contribution in [0, 0.1) is 0 Å². The van der Waals surface area contributed by atoms with E-state index >= 15 is 0 Å². The average Bonchev–Trinajstić information content (AvgIpc) is 3.19. The molecule has 2 aromatic heterocycles. The van der Waals surface area contributed by atoms with Crippen molar-refractivity contribution in [1.29, 1.82) is 0 Å². The average molecular weight is 418 g/mol. The third-order valence-electron chi connectivity index (χ3n) is 4.38. The molecule has 0 amide bonds. The zero-order chi connectivity index (χ0) is 19.6. The molecule has 2 saturated heterocycles. The summed E-state index contributed by atoms with van der Waals surface area (Å²) in [5.41, 5.74) is -0.709. The summed E-state index contributed by atoms with van der Waals surface area (Å²) in [6, 6.07) is 1.65. The largest absolute Gasteiger partial charge is 0.346 e. The smallest absolute Gasteiger partial charge is 0.331 e. The molecular formula is C15H18N2O8S2. The van der Waals surface area contributed by atoms with E-state index in [1.165, 1.54) is 15.9 Å². The van der Waals surface area contributed by atoms with E-state index in [0.717, 1.165) is 6.26 Å². The lowest BCUT2D eigenvalue weighted by Crippen LogP contribution is -2.37. The van der Waals surface area contributed by atoms with E-state index in [1.807, 2.05) is 0 Å². The summed E-state index contributed by atoms with van der Waals surface area (Å²) >= 11 is 1.20. The van der Waals surface area contributed by atoms with Crippen LogP contribution in [0.25, 0.3) is 10.2 Å². The van der Waals surface area contributed by atoms with Crippen LogP contribution < -0.4 is 11.2 Å². The lowest BCUT2D eigenvalue weighted by Gasteiger charge is -2.25. The van der Waals surface area contributed by atoms with Gasteiger partial charge in [0.15, 0.2) is 12.0 Å². The minimum atomic E-state index is -3.68. The van der Waals surface area contributed by atoms with Gasteiger partial charge in [0, 0.05) is 0 Å². The fraction of sp³-hybridized carbons (Fsp3) is 0.600. The topological polar surface area (TPSA) is 126 Å². The summed E-state index contributed by atoms with van der Waals surface area (Å²) in [6.07, 6.45) is -2.07. The first-order valence-corrected chi connectivity index (χ1v) is 10.8. The highest BCUT2D eigenvalue weighted by Gasteiger charge is 2.56. The van der Waals surface area contributed by atoms with Gasteiger partial charge < -0.3 is 14.2 Å². The van der Waals surface area contributed by atoms with Gasteiger partial charge in [-0.25, -0.2) is 4.79 Å². The Morgan fingerprint density at radius 3 is 2.70 bits per heavy atom. The van der Waals surface area contributed by atoms with E-state index in [-0.39, 0.29) is 6.61 Å². The first-order chi connectivity index (χ1) is 12.6. The molecule has 0 unspecified atom stereocenters. The molecule has 4 rings (SSSR count). The molecule has 0 saturated carbocycles. The highest BCUT2D eigenvalue weighted by atomic mass is 32.2. The van der Waals surface area contributed by atoms with Gasteiger partial charge in [0.05, 0.1) is 18.4 Å². The van der Waals surface area contributed by atoms with Crippen LogP contribution in [0.3, 0.4) is 0 Å². The first-order valence-electron chi connectivity index (χ1n) is 8.13. The number of nitrogens with one attached hydrogen (secondary N) is 1. The summed E-state index contributed by atoms with van der Waals surface area (Å²) in [5.74, 6) is -0.944. The molecule has 2 aliphatic heterocycles. The highest BCUT2D eigenvalue weighted by Crippen LogP contribution is 2.43. The maximum absolute atomic E-state index is 12.5. The van der Waals surface area contributed by atoms with Crippen molar-refractivity contribution in [1.82, 2.24) is 9.55 Å². The van der Waals surface area contributed by atoms with Gasteiger partial charge in [0.2, 0.25) is 0 Å². The summed E-state index contributed by atoms with van der Waals surface area (Å²) in [7, 11) is -3.68. The first kappa shape index (κ1) is 18.8. The predicted molar refractivity (Wildman–Crippen MR) is 95.2 cm³/mol. The zero-order valence-corrected chi connectivity index (χ0v) is 16.3. The van der Waals surface area contributed by atoms with Gasteiger partial charge in [0.1, 0.15) is 23.0 Å². The molecule has 0 bridgehead atoms. The van der Waals surface area contributed by atoms with Gasteiger partial charge in [0.25, 0.3) is 15.7 Å². The number of H-pyrrole nitrogens is 1. The van der Waals surface area contributed by atoms with Crippen LogP contribution in [0.15, 0.2) is 21.0 Å². The van der Waals surface area contributed by atoms with Crippen molar-refractivity contribution in [2.75, 3.05) is 12.9 Å². The summed E-state index contributed by atoms with van der Waals surface area (Å²) < 4.78 is 46.9. The van der Waals surface area contributed by atoms with Crippen LogP contribution in [0.1, 0.15) is 20.1 Å². The number of ether oxygens (including phenoxy) is 3. The number of hydrogen-bond donors (Lipinski definition) is 1. The van der Waals surface area contributed by atoms with E-state index in [0.29, 0.717) is 10.2 Å². The van der Waals surface area contributed by atoms with Crippen LogP contribution in [-0.4, -0.2) is 54.9 Å². The highest BCUT2D eigenvalue weighted by molar-refractivity contribution is 7.85. The van der Waals surface area contributed by atoms with Crippen molar-refractivity contribution in [3.05, 3.63) is 32.3 Å². The minimum Gasteiger partial charge on any atom is -0.346 e. The summed E-state index contributed by atoms with van der Waals surface area (Å²) in [4.78, 5) is 26.8. The number of thiophene rings is 1. The molecule has 10 nitrogen and oxygen atoms in total. The second-order valence-corrected chi connectivity index (χ2v) is 9.44. The van der Waals surface area contributed by atoms with Crippen LogP contribution in [0.5, 0.6) is 0 Å². The Hall–Kier alpha value is -1.57. The Kier molecular flexibility index (Phi) is 4.33. The zero-order valence-electron chi connectivity index (χ0n) is 14.7. The normalized spacial score (nSPS) is 30.0. The van der Waals surface area contributed by atoms with Gasteiger partial charge >= 0.3 is 5.69 Å². The van der Waals surface area contributed by atoms with Crippen molar-refractivity contribution < 1.29 is 26.8 Å². The van der Waals surface area contributed by atoms with Gasteiger partial charge in [-0.1, -0.05) is 0 Å².